The number of carbonyl (C=O) groups excluding carboxylic acids is 1. The first-order chi connectivity index (χ1) is 9.92. The molecule has 0 aliphatic rings. The third kappa shape index (κ3) is 6.63. The average molecular weight is 292 g/mol. The predicted molar refractivity (Wildman–Crippen MR) is 86.4 cm³/mol. The zero-order chi connectivity index (χ0) is 15.8. The van der Waals surface area contributed by atoms with Crippen molar-refractivity contribution in [2.45, 2.75) is 65.1 Å². The third-order valence-electron chi connectivity index (χ3n) is 3.49. The molecule has 3 N–H and O–H groups in total. The van der Waals surface area contributed by atoms with Crippen LogP contribution in [0.25, 0.3) is 0 Å². The van der Waals surface area contributed by atoms with Crippen LogP contribution in [0.5, 0.6) is 5.75 Å². The van der Waals surface area contributed by atoms with Gasteiger partial charge in [0.1, 0.15) is 5.75 Å². The van der Waals surface area contributed by atoms with Crippen molar-refractivity contribution in [3.05, 3.63) is 29.8 Å². The minimum absolute atomic E-state index is 0.0783. The van der Waals surface area contributed by atoms with Gasteiger partial charge in [-0.1, -0.05) is 19.1 Å². The molecule has 1 aromatic carbocycles. The fourth-order valence-corrected chi connectivity index (χ4v) is 1.85. The zero-order valence-corrected chi connectivity index (χ0v) is 13.6. The highest BCUT2D eigenvalue weighted by Gasteiger charge is 2.16. The molecule has 3 atom stereocenters. The van der Waals surface area contributed by atoms with Gasteiger partial charge in [0.2, 0.25) is 0 Å². The highest BCUT2D eigenvalue weighted by molar-refractivity contribution is 5.80. The van der Waals surface area contributed by atoms with Gasteiger partial charge in [0.25, 0.3) is 5.91 Å². The van der Waals surface area contributed by atoms with E-state index in [0.717, 1.165) is 19.3 Å². The molecule has 0 fully saturated rings. The quantitative estimate of drug-likeness (QED) is 0.774. The third-order valence-corrected chi connectivity index (χ3v) is 3.49. The molecule has 1 rings (SSSR count). The molecule has 0 spiro atoms. The standard InChI is InChI=1S/C17H28N2O2/c1-5-13(3)19-17(20)14(4)21-16-10-8-15(9-11-16)7-6-12(2)18/h8-14H,5-7,18H2,1-4H3,(H,19,20). The summed E-state index contributed by atoms with van der Waals surface area (Å²) in [6.07, 6.45) is 2.34. The second-order valence-corrected chi connectivity index (χ2v) is 5.74. The van der Waals surface area contributed by atoms with Gasteiger partial charge < -0.3 is 15.8 Å². The molecule has 118 valence electrons. The van der Waals surface area contributed by atoms with Crippen molar-refractivity contribution in [3.63, 3.8) is 0 Å². The molecule has 4 heteroatoms. The van der Waals surface area contributed by atoms with Crippen LogP contribution in [-0.4, -0.2) is 24.1 Å². The van der Waals surface area contributed by atoms with Gasteiger partial charge in [-0.05, 0) is 57.7 Å². The van der Waals surface area contributed by atoms with Crippen molar-refractivity contribution in [1.82, 2.24) is 5.32 Å². The lowest BCUT2D eigenvalue weighted by Crippen LogP contribution is -2.40. The summed E-state index contributed by atoms with van der Waals surface area (Å²) in [6, 6.07) is 8.25. The largest absolute Gasteiger partial charge is 0.481 e. The Morgan fingerprint density at radius 1 is 1.24 bits per heavy atom. The van der Waals surface area contributed by atoms with Gasteiger partial charge in [-0.2, -0.15) is 0 Å². The van der Waals surface area contributed by atoms with Gasteiger partial charge in [0, 0.05) is 12.1 Å². The number of hydrogen-bond acceptors (Lipinski definition) is 3. The maximum absolute atomic E-state index is 11.9. The molecule has 0 radical (unpaired) electrons. The summed E-state index contributed by atoms with van der Waals surface area (Å²) < 4.78 is 5.67. The van der Waals surface area contributed by atoms with Crippen LogP contribution in [0.4, 0.5) is 0 Å². The van der Waals surface area contributed by atoms with Gasteiger partial charge in [-0.3, -0.25) is 4.79 Å². The highest BCUT2D eigenvalue weighted by atomic mass is 16.5. The van der Waals surface area contributed by atoms with Gasteiger partial charge in [-0.15, -0.1) is 0 Å². The van der Waals surface area contributed by atoms with Crippen molar-refractivity contribution in [3.8, 4) is 5.75 Å². The van der Waals surface area contributed by atoms with E-state index in [1.165, 1.54) is 5.56 Å². The SMILES string of the molecule is CCC(C)NC(=O)C(C)Oc1ccc(CCC(C)N)cc1. The summed E-state index contributed by atoms with van der Waals surface area (Å²) in [7, 11) is 0. The number of ether oxygens (including phenoxy) is 1. The Morgan fingerprint density at radius 2 is 1.86 bits per heavy atom. The van der Waals surface area contributed by atoms with Crippen molar-refractivity contribution in [2.24, 2.45) is 5.73 Å². The molecule has 0 aliphatic carbocycles. The summed E-state index contributed by atoms with van der Waals surface area (Å²) in [5, 5.41) is 2.92. The minimum Gasteiger partial charge on any atom is -0.481 e. The first kappa shape index (κ1) is 17.5. The maximum Gasteiger partial charge on any atom is 0.260 e. The first-order valence-corrected chi connectivity index (χ1v) is 7.74. The normalized spacial score (nSPS) is 15.1. The van der Waals surface area contributed by atoms with Gasteiger partial charge >= 0.3 is 0 Å². The number of nitrogens with two attached hydrogens (primary N) is 1. The van der Waals surface area contributed by atoms with Crippen LogP contribution in [0.1, 0.15) is 46.1 Å². The number of benzene rings is 1. The monoisotopic (exact) mass is 292 g/mol. The lowest BCUT2D eigenvalue weighted by molar-refractivity contribution is -0.127. The Labute approximate surface area is 128 Å². The smallest absolute Gasteiger partial charge is 0.260 e. The van der Waals surface area contributed by atoms with Gasteiger partial charge in [-0.25, -0.2) is 0 Å². The fraction of sp³-hybridized carbons (Fsp3) is 0.588. The van der Waals surface area contributed by atoms with E-state index in [0.29, 0.717) is 5.75 Å². The van der Waals surface area contributed by atoms with Crippen LogP contribution in [0.2, 0.25) is 0 Å². The van der Waals surface area contributed by atoms with Crippen molar-refractivity contribution < 1.29 is 9.53 Å². The number of carbonyl (C=O) groups is 1. The van der Waals surface area contributed by atoms with E-state index in [2.05, 4.69) is 5.32 Å². The number of nitrogens with one attached hydrogen (secondary N) is 1. The van der Waals surface area contributed by atoms with Crippen LogP contribution in [0, 0.1) is 0 Å². The number of hydrogen-bond donors (Lipinski definition) is 2. The van der Waals surface area contributed by atoms with Crippen LogP contribution < -0.4 is 15.8 Å². The molecule has 1 aromatic rings. The van der Waals surface area contributed by atoms with E-state index in [1.807, 2.05) is 45.0 Å². The zero-order valence-electron chi connectivity index (χ0n) is 13.6. The van der Waals surface area contributed by atoms with E-state index in [-0.39, 0.29) is 18.0 Å². The van der Waals surface area contributed by atoms with Gasteiger partial charge in [0.15, 0.2) is 6.10 Å². The van der Waals surface area contributed by atoms with Crippen LogP contribution in [-0.2, 0) is 11.2 Å². The number of aryl methyl sites for hydroxylation is 1. The average Bonchev–Trinajstić information content (AvgIpc) is 2.46. The Balaban J connectivity index is 2.49. The Hall–Kier alpha value is -1.55. The summed E-state index contributed by atoms with van der Waals surface area (Å²) >= 11 is 0. The van der Waals surface area contributed by atoms with E-state index in [4.69, 9.17) is 10.5 Å². The van der Waals surface area contributed by atoms with Crippen molar-refractivity contribution in [1.29, 1.82) is 0 Å². The summed E-state index contributed by atoms with van der Waals surface area (Å²) in [5.74, 6) is 0.636. The minimum atomic E-state index is -0.492. The molecule has 21 heavy (non-hydrogen) atoms. The predicted octanol–water partition coefficient (Wildman–Crippen LogP) is 2.65. The molecule has 0 bridgehead atoms. The number of amides is 1. The molecular weight excluding hydrogens is 264 g/mol. The molecule has 0 saturated carbocycles. The topological polar surface area (TPSA) is 64.3 Å². The molecule has 0 saturated heterocycles. The Morgan fingerprint density at radius 3 is 2.38 bits per heavy atom. The molecule has 0 aromatic heterocycles. The second-order valence-electron chi connectivity index (χ2n) is 5.74. The summed E-state index contributed by atoms with van der Waals surface area (Å²) in [6.45, 7) is 7.80. The van der Waals surface area contributed by atoms with Crippen LogP contribution >= 0.6 is 0 Å². The number of rotatable bonds is 8. The highest BCUT2D eigenvalue weighted by Crippen LogP contribution is 2.15. The summed E-state index contributed by atoms with van der Waals surface area (Å²) in [5.41, 5.74) is 6.98. The van der Waals surface area contributed by atoms with E-state index >= 15 is 0 Å². The van der Waals surface area contributed by atoms with E-state index < -0.39 is 6.10 Å². The van der Waals surface area contributed by atoms with Crippen molar-refractivity contribution >= 4 is 5.91 Å². The summed E-state index contributed by atoms with van der Waals surface area (Å²) in [4.78, 5) is 11.9. The van der Waals surface area contributed by atoms with E-state index in [1.54, 1.807) is 6.92 Å². The Kier molecular flexibility index (Phi) is 7.23. The lowest BCUT2D eigenvalue weighted by Gasteiger charge is -2.18. The van der Waals surface area contributed by atoms with E-state index in [9.17, 15) is 4.79 Å². The van der Waals surface area contributed by atoms with Crippen LogP contribution in [0.15, 0.2) is 24.3 Å². The van der Waals surface area contributed by atoms with Gasteiger partial charge in [0.05, 0.1) is 0 Å². The molecule has 3 unspecified atom stereocenters. The second kappa shape index (κ2) is 8.67. The molecule has 0 aliphatic heterocycles. The molecular formula is C17H28N2O2. The van der Waals surface area contributed by atoms with Crippen molar-refractivity contribution in [2.75, 3.05) is 0 Å². The molecule has 1 amide bonds. The lowest BCUT2D eigenvalue weighted by atomic mass is 10.1. The Bertz CT molecular complexity index is 429. The maximum atomic E-state index is 11.9. The fourth-order valence-electron chi connectivity index (χ4n) is 1.85. The first-order valence-electron chi connectivity index (χ1n) is 7.74. The van der Waals surface area contributed by atoms with Crippen LogP contribution in [0.3, 0.4) is 0 Å². The molecule has 4 nitrogen and oxygen atoms in total. The molecule has 0 heterocycles.